The van der Waals surface area contributed by atoms with Crippen molar-refractivity contribution in [2.45, 2.75) is 37.8 Å². The van der Waals surface area contributed by atoms with E-state index in [0.717, 1.165) is 24.9 Å². The normalized spacial score (nSPS) is 17.5. The minimum Gasteiger partial charge on any atom is -0.350 e. The SMILES string of the molecule is NC(CC(=O)N1CCC[C@H]1CNC(=O)c1ccccc1)Cc1ccccc1. The van der Waals surface area contributed by atoms with Crippen molar-refractivity contribution in [2.75, 3.05) is 13.1 Å². The molecule has 1 aliphatic rings. The molecule has 2 aromatic rings. The van der Waals surface area contributed by atoms with Crippen molar-refractivity contribution in [3.05, 3.63) is 71.8 Å². The number of likely N-dealkylation sites (tertiary alicyclic amines) is 1. The zero-order valence-electron chi connectivity index (χ0n) is 15.5. The van der Waals surface area contributed by atoms with Crippen LogP contribution in [0.25, 0.3) is 0 Å². The number of hydrogen-bond acceptors (Lipinski definition) is 3. The number of carbonyl (C=O) groups excluding carboxylic acids is 2. The van der Waals surface area contributed by atoms with E-state index in [1.165, 1.54) is 0 Å². The summed E-state index contributed by atoms with van der Waals surface area (Å²) in [6.45, 7) is 1.22. The maximum atomic E-state index is 12.7. The van der Waals surface area contributed by atoms with Gasteiger partial charge in [-0.3, -0.25) is 9.59 Å². The highest BCUT2D eigenvalue weighted by molar-refractivity contribution is 5.94. The van der Waals surface area contributed by atoms with E-state index >= 15 is 0 Å². The summed E-state index contributed by atoms with van der Waals surface area (Å²) < 4.78 is 0. The van der Waals surface area contributed by atoms with Crippen molar-refractivity contribution in [1.29, 1.82) is 0 Å². The van der Waals surface area contributed by atoms with Crippen LogP contribution in [-0.2, 0) is 11.2 Å². The zero-order chi connectivity index (χ0) is 19.1. The number of hydrogen-bond donors (Lipinski definition) is 2. The fourth-order valence-electron chi connectivity index (χ4n) is 3.61. The molecule has 1 fully saturated rings. The van der Waals surface area contributed by atoms with Crippen molar-refractivity contribution in [1.82, 2.24) is 10.2 Å². The molecule has 3 rings (SSSR count). The van der Waals surface area contributed by atoms with E-state index in [-0.39, 0.29) is 23.9 Å². The van der Waals surface area contributed by atoms with Gasteiger partial charge >= 0.3 is 0 Å². The van der Waals surface area contributed by atoms with Crippen LogP contribution in [0, 0.1) is 0 Å². The molecule has 5 nitrogen and oxygen atoms in total. The highest BCUT2D eigenvalue weighted by Gasteiger charge is 2.29. The van der Waals surface area contributed by atoms with Gasteiger partial charge in [0.1, 0.15) is 0 Å². The van der Waals surface area contributed by atoms with Gasteiger partial charge in [-0.2, -0.15) is 0 Å². The molecule has 142 valence electrons. The Hall–Kier alpha value is -2.66. The second kappa shape index (κ2) is 9.33. The van der Waals surface area contributed by atoms with Crippen molar-refractivity contribution in [2.24, 2.45) is 5.73 Å². The van der Waals surface area contributed by atoms with Gasteiger partial charge in [0.25, 0.3) is 5.91 Å². The van der Waals surface area contributed by atoms with Crippen LogP contribution in [-0.4, -0.2) is 41.9 Å². The van der Waals surface area contributed by atoms with Gasteiger partial charge in [0, 0.05) is 37.2 Å². The molecule has 2 amide bonds. The second-order valence-electron chi connectivity index (χ2n) is 7.11. The molecule has 0 saturated carbocycles. The molecule has 2 atom stereocenters. The quantitative estimate of drug-likeness (QED) is 0.791. The average Bonchev–Trinajstić information content (AvgIpc) is 3.16. The van der Waals surface area contributed by atoms with E-state index in [1.807, 2.05) is 53.4 Å². The number of nitrogens with one attached hydrogen (secondary N) is 1. The van der Waals surface area contributed by atoms with Crippen LogP contribution in [0.4, 0.5) is 0 Å². The largest absolute Gasteiger partial charge is 0.350 e. The second-order valence-corrected chi connectivity index (χ2v) is 7.11. The zero-order valence-corrected chi connectivity index (χ0v) is 15.5. The highest BCUT2D eigenvalue weighted by atomic mass is 16.2. The summed E-state index contributed by atoms with van der Waals surface area (Å²) in [6, 6.07) is 19.0. The smallest absolute Gasteiger partial charge is 0.251 e. The first kappa shape index (κ1) is 19.1. The molecule has 0 aliphatic carbocycles. The molecule has 3 N–H and O–H groups in total. The fraction of sp³-hybridized carbons (Fsp3) is 0.364. The van der Waals surface area contributed by atoms with E-state index in [9.17, 15) is 9.59 Å². The lowest BCUT2D eigenvalue weighted by Crippen LogP contribution is -2.44. The Labute approximate surface area is 160 Å². The van der Waals surface area contributed by atoms with Crippen LogP contribution in [0.1, 0.15) is 35.2 Å². The van der Waals surface area contributed by atoms with Gasteiger partial charge in [0.2, 0.25) is 5.91 Å². The summed E-state index contributed by atoms with van der Waals surface area (Å²) >= 11 is 0. The minimum atomic E-state index is -0.194. The Morgan fingerprint density at radius 2 is 1.74 bits per heavy atom. The Kier molecular flexibility index (Phi) is 6.60. The first-order valence-electron chi connectivity index (χ1n) is 9.55. The van der Waals surface area contributed by atoms with Crippen molar-refractivity contribution < 1.29 is 9.59 Å². The molecule has 1 heterocycles. The molecule has 1 unspecified atom stereocenters. The van der Waals surface area contributed by atoms with Gasteiger partial charge in [0.15, 0.2) is 0 Å². The van der Waals surface area contributed by atoms with Crippen LogP contribution in [0.2, 0.25) is 0 Å². The summed E-state index contributed by atoms with van der Waals surface area (Å²) in [5.74, 6) is -0.0226. The van der Waals surface area contributed by atoms with E-state index < -0.39 is 0 Å². The predicted octanol–water partition coefficient (Wildman–Crippen LogP) is 2.37. The Morgan fingerprint density at radius 3 is 2.44 bits per heavy atom. The van der Waals surface area contributed by atoms with Crippen LogP contribution < -0.4 is 11.1 Å². The van der Waals surface area contributed by atoms with Crippen LogP contribution in [0.3, 0.4) is 0 Å². The van der Waals surface area contributed by atoms with Crippen LogP contribution in [0.5, 0.6) is 0 Å². The number of nitrogens with two attached hydrogens (primary N) is 1. The van der Waals surface area contributed by atoms with E-state index in [1.54, 1.807) is 12.1 Å². The van der Waals surface area contributed by atoms with E-state index in [0.29, 0.717) is 24.9 Å². The van der Waals surface area contributed by atoms with Gasteiger partial charge in [0.05, 0.1) is 0 Å². The third kappa shape index (κ3) is 5.41. The highest BCUT2D eigenvalue weighted by Crippen LogP contribution is 2.19. The van der Waals surface area contributed by atoms with E-state index in [2.05, 4.69) is 5.32 Å². The first-order chi connectivity index (χ1) is 13.1. The molecule has 5 heteroatoms. The van der Waals surface area contributed by atoms with Crippen LogP contribution >= 0.6 is 0 Å². The minimum absolute atomic E-state index is 0.0501. The Morgan fingerprint density at radius 1 is 1.07 bits per heavy atom. The van der Waals surface area contributed by atoms with Gasteiger partial charge in [-0.1, -0.05) is 48.5 Å². The molecule has 0 spiro atoms. The molecule has 1 aliphatic heterocycles. The third-order valence-electron chi connectivity index (χ3n) is 5.01. The lowest BCUT2D eigenvalue weighted by atomic mass is 10.0. The molecule has 0 aromatic heterocycles. The lowest BCUT2D eigenvalue weighted by Gasteiger charge is -2.26. The molecule has 0 radical (unpaired) electrons. The molecule has 0 bridgehead atoms. The lowest BCUT2D eigenvalue weighted by molar-refractivity contribution is -0.132. The summed E-state index contributed by atoms with van der Waals surface area (Å²) in [5.41, 5.74) is 7.98. The summed E-state index contributed by atoms with van der Waals surface area (Å²) in [5, 5.41) is 2.95. The van der Waals surface area contributed by atoms with E-state index in [4.69, 9.17) is 5.73 Å². The van der Waals surface area contributed by atoms with Gasteiger partial charge in [-0.15, -0.1) is 0 Å². The molecule has 1 saturated heterocycles. The van der Waals surface area contributed by atoms with Crippen molar-refractivity contribution in [3.8, 4) is 0 Å². The topological polar surface area (TPSA) is 75.4 Å². The molecule has 27 heavy (non-hydrogen) atoms. The molecular weight excluding hydrogens is 338 g/mol. The molecular formula is C22H27N3O2. The third-order valence-corrected chi connectivity index (χ3v) is 5.01. The summed E-state index contributed by atoms with van der Waals surface area (Å²) in [6.07, 6.45) is 2.90. The maximum Gasteiger partial charge on any atom is 0.251 e. The predicted molar refractivity (Wildman–Crippen MR) is 106 cm³/mol. The maximum absolute atomic E-state index is 12.7. The van der Waals surface area contributed by atoms with Gasteiger partial charge < -0.3 is 16.0 Å². The number of nitrogens with zero attached hydrogens (tertiary/aromatic N) is 1. The number of carbonyl (C=O) groups is 2. The Balaban J connectivity index is 1.49. The summed E-state index contributed by atoms with van der Waals surface area (Å²) in [4.78, 5) is 26.8. The van der Waals surface area contributed by atoms with Crippen LogP contribution in [0.15, 0.2) is 60.7 Å². The average molecular weight is 365 g/mol. The first-order valence-corrected chi connectivity index (χ1v) is 9.55. The Bertz CT molecular complexity index is 749. The standard InChI is InChI=1S/C22H27N3O2/c23-19(14-17-8-3-1-4-9-17)15-21(26)25-13-7-12-20(25)16-24-22(27)18-10-5-2-6-11-18/h1-6,8-11,19-20H,7,12-16,23H2,(H,24,27)/t19?,20-/m0/s1. The fourth-order valence-corrected chi connectivity index (χ4v) is 3.61. The monoisotopic (exact) mass is 365 g/mol. The summed E-state index contributed by atoms with van der Waals surface area (Å²) in [7, 11) is 0. The molecule has 2 aromatic carbocycles. The number of rotatable bonds is 7. The van der Waals surface area contributed by atoms with Gasteiger partial charge in [-0.05, 0) is 37.0 Å². The number of amides is 2. The number of benzene rings is 2. The van der Waals surface area contributed by atoms with Gasteiger partial charge in [-0.25, -0.2) is 0 Å². The van der Waals surface area contributed by atoms with Crippen molar-refractivity contribution in [3.63, 3.8) is 0 Å². The van der Waals surface area contributed by atoms with Crippen molar-refractivity contribution >= 4 is 11.8 Å².